The first kappa shape index (κ1) is 22.7. The lowest BCUT2D eigenvalue weighted by Crippen LogP contribution is -2.43. The zero-order valence-corrected chi connectivity index (χ0v) is 18.2. The number of rotatable bonds is 8. The van der Waals surface area contributed by atoms with Crippen LogP contribution in [-0.2, 0) is 9.59 Å². The molecular formula is C22H28ClN3O3. The van der Waals surface area contributed by atoms with Crippen LogP contribution in [0.2, 0.25) is 5.02 Å². The van der Waals surface area contributed by atoms with Crippen molar-refractivity contribution < 1.29 is 14.3 Å². The Labute approximate surface area is 177 Å². The molecule has 2 rings (SSSR count). The molecule has 0 aliphatic carbocycles. The van der Waals surface area contributed by atoms with Gasteiger partial charge >= 0.3 is 0 Å². The molecule has 156 valence electrons. The Balaban J connectivity index is 1.99. The van der Waals surface area contributed by atoms with Gasteiger partial charge in [0, 0.05) is 10.7 Å². The number of carbonyl (C=O) groups excluding carboxylic acids is 2. The number of para-hydroxylation sites is 1. The number of likely N-dealkylation sites (N-methyl/N-ethyl adjacent to an activating group) is 1. The van der Waals surface area contributed by atoms with Gasteiger partial charge in [0.2, 0.25) is 11.8 Å². The molecule has 0 saturated heterocycles. The van der Waals surface area contributed by atoms with E-state index in [0.717, 1.165) is 11.3 Å². The summed E-state index contributed by atoms with van der Waals surface area (Å²) in [6.45, 7) is 5.96. The molecule has 0 aliphatic heterocycles. The maximum absolute atomic E-state index is 12.7. The van der Waals surface area contributed by atoms with Crippen molar-refractivity contribution in [2.75, 3.05) is 31.3 Å². The second-order valence-corrected chi connectivity index (χ2v) is 7.65. The van der Waals surface area contributed by atoms with Gasteiger partial charge in [-0.15, -0.1) is 0 Å². The van der Waals surface area contributed by atoms with E-state index >= 15 is 0 Å². The molecule has 1 unspecified atom stereocenters. The summed E-state index contributed by atoms with van der Waals surface area (Å²) >= 11 is 6.00. The third kappa shape index (κ3) is 6.21. The fourth-order valence-electron chi connectivity index (χ4n) is 2.88. The molecular weight excluding hydrogens is 390 g/mol. The molecule has 0 fully saturated rings. The van der Waals surface area contributed by atoms with Gasteiger partial charge in [-0.05, 0) is 49.7 Å². The van der Waals surface area contributed by atoms with Gasteiger partial charge in [-0.25, -0.2) is 0 Å². The lowest BCUT2D eigenvalue weighted by atomic mass is 10.0. The number of hydrogen-bond donors (Lipinski definition) is 2. The van der Waals surface area contributed by atoms with Crippen LogP contribution < -0.4 is 15.4 Å². The van der Waals surface area contributed by atoms with E-state index in [4.69, 9.17) is 16.3 Å². The summed E-state index contributed by atoms with van der Waals surface area (Å²) in [4.78, 5) is 26.8. The van der Waals surface area contributed by atoms with Gasteiger partial charge in [-0.3, -0.25) is 14.5 Å². The minimum atomic E-state index is -0.498. The number of benzene rings is 2. The maximum atomic E-state index is 12.7. The predicted molar refractivity (Wildman–Crippen MR) is 118 cm³/mol. The highest BCUT2D eigenvalue weighted by molar-refractivity contribution is 6.31. The Kier molecular flexibility index (Phi) is 8.05. The number of carbonyl (C=O) groups is 2. The summed E-state index contributed by atoms with van der Waals surface area (Å²) in [7, 11) is 3.25. The Hall–Kier alpha value is -2.57. The van der Waals surface area contributed by atoms with Crippen LogP contribution >= 0.6 is 11.6 Å². The molecule has 0 spiro atoms. The molecule has 0 aliphatic rings. The first-order chi connectivity index (χ1) is 13.7. The van der Waals surface area contributed by atoms with Crippen molar-refractivity contribution in [3.05, 3.63) is 53.1 Å². The van der Waals surface area contributed by atoms with Crippen LogP contribution in [0.25, 0.3) is 0 Å². The van der Waals surface area contributed by atoms with E-state index in [1.165, 1.54) is 7.11 Å². The molecule has 1 atom stereocenters. The first-order valence-corrected chi connectivity index (χ1v) is 9.84. The van der Waals surface area contributed by atoms with E-state index in [-0.39, 0.29) is 24.3 Å². The number of ether oxygens (including phenoxy) is 1. The molecule has 7 heteroatoms. The van der Waals surface area contributed by atoms with E-state index in [1.54, 1.807) is 37.1 Å². The molecule has 2 amide bonds. The van der Waals surface area contributed by atoms with Gasteiger partial charge in [-0.1, -0.05) is 43.6 Å². The molecule has 0 bridgehead atoms. The fourth-order valence-corrected chi connectivity index (χ4v) is 3.05. The van der Waals surface area contributed by atoms with E-state index in [1.807, 2.05) is 24.3 Å². The highest BCUT2D eigenvalue weighted by Gasteiger charge is 2.22. The second-order valence-electron chi connectivity index (χ2n) is 7.22. The molecule has 2 aromatic rings. The smallest absolute Gasteiger partial charge is 0.241 e. The lowest BCUT2D eigenvalue weighted by molar-refractivity contribution is -0.122. The topological polar surface area (TPSA) is 70.7 Å². The minimum Gasteiger partial charge on any atom is -0.495 e. The predicted octanol–water partition coefficient (Wildman–Crippen LogP) is 4.37. The minimum absolute atomic E-state index is 0.0378. The quantitative estimate of drug-likeness (QED) is 0.669. The molecule has 6 nitrogen and oxygen atoms in total. The SMILES string of the molecule is COc1ccc(Cl)cc1NC(=O)CN(C)C(C)C(=O)Nc1ccccc1C(C)C. The Morgan fingerprint density at radius 1 is 1.07 bits per heavy atom. The Morgan fingerprint density at radius 3 is 2.41 bits per heavy atom. The lowest BCUT2D eigenvalue weighted by Gasteiger charge is -2.24. The van der Waals surface area contributed by atoms with Crippen molar-refractivity contribution in [3.8, 4) is 5.75 Å². The van der Waals surface area contributed by atoms with Crippen LogP contribution in [0.4, 0.5) is 11.4 Å². The largest absolute Gasteiger partial charge is 0.495 e. The second kappa shape index (κ2) is 10.3. The summed E-state index contributed by atoms with van der Waals surface area (Å²) in [5.74, 6) is 0.364. The van der Waals surface area contributed by atoms with Gasteiger partial charge in [0.05, 0.1) is 25.4 Å². The highest BCUT2D eigenvalue weighted by atomic mass is 35.5. The standard InChI is InChI=1S/C22H28ClN3O3/c1-14(2)17-8-6-7-9-18(17)25-22(28)15(3)26(4)13-21(27)24-19-12-16(23)10-11-20(19)29-5/h6-12,14-15H,13H2,1-5H3,(H,24,27)(H,25,28). The zero-order chi connectivity index (χ0) is 21.6. The Morgan fingerprint density at radius 2 is 1.76 bits per heavy atom. The summed E-state index contributed by atoms with van der Waals surface area (Å²) in [6.07, 6.45) is 0. The van der Waals surface area contributed by atoms with Crippen LogP contribution in [0.15, 0.2) is 42.5 Å². The normalized spacial score (nSPS) is 12.0. The molecule has 2 aromatic carbocycles. The molecule has 0 heterocycles. The van der Waals surface area contributed by atoms with Crippen molar-refractivity contribution >= 4 is 34.8 Å². The van der Waals surface area contributed by atoms with Gasteiger partial charge < -0.3 is 15.4 Å². The number of halogens is 1. The number of nitrogens with one attached hydrogen (secondary N) is 2. The molecule has 0 aromatic heterocycles. The van der Waals surface area contributed by atoms with E-state index in [2.05, 4.69) is 24.5 Å². The summed E-state index contributed by atoms with van der Waals surface area (Å²) in [5, 5.41) is 6.24. The van der Waals surface area contributed by atoms with Crippen molar-refractivity contribution in [2.45, 2.75) is 32.7 Å². The van der Waals surface area contributed by atoms with Crippen LogP contribution in [-0.4, -0.2) is 43.5 Å². The van der Waals surface area contributed by atoms with Gasteiger partial charge in [0.25, 0.3) is 0 Å². The summed E-state index contributed by atoms with van der Waals surface area (Å²) in [6, 6.07) is 12.2. The first-order valence-electron chi connectivity index (χ1n) is 9.46. The number of nitrogens with zero attached hydrogens (tertiary/aromatic N) is 1. The van der Waals surface area contributed by atoms with Crippen molar-refractivity contribution in [1.82, 2.24) is 4.90 Å². The van der Waals surface area contributed by atoms with Gasteiger partial charge in [0.15, 0.2) is 0 Å². The number of hydrogen-bond acceptors (Lipinski definition) is 4. The monoisotopic (exact) mass is 417 g/mol. The van der Waals surface area contributed by atoms with Crippen LogP contribution in [0.1, 0.15) is 32.3 Å². The van der Waals surface area contributed by atoms with Gasteiger partial charge in [-0.2, -0.15) is 0 Å². The van der Waals surface area contributed by atoms with Crippen LogP contribution in [0, 0.1) is 0 Å². The third-order valence-corrected chi connectivity index (χ3v) is 4.94. The van der Waals surface area contributed by atoms with Crippen LogP contribution in [0.3, 0.4) is 0 Å². The maximum Gasteiger partial charge on any atom is 0.241 e. The average molecular weight is 418 g/mol. The van der Waals surface area contributed by atoms with Crippen molar-refractivity contribution in [2.24, 2.45) is 0 Å². The van der Waals surface area contributed by atoms with E-state index in [9.17, 15) is 9.59 Å². The van der Waals surface area contributed by atoms with Crippen molar-refractivity contribution in [3.63, 3.8) is 0 Å². The summed E-state index contributed by atoms with van der Waals surface area (Å²) < 4.78 is 5.24. The number of amides is 2. The molecule has 0 saturated carbocycles. The fraction of sp³-hybridized carbons (Fsp3) is 0.364. The third-order valence-electron chi connectivity index (χ3n) is 4.71. The highest BCUT2D eigenvalue weighted by Crippen LogP contribution is 2.27. The average Bonchev–Trinajstić information content (AvgIpc) is 2.67. The molecule has 29 heavy (non-hydrogen) atoms. The van der Waals surface area contributed by atoms with Crippen molar-refractivity contribution in [1.29, 1.82) is 0 Å². The number of anilines is 2. The molecule has 2 N–H and O–H groups in total. The van der Waals surface area contributed by atoms with E-state index in [0.29, 0.717) is 16.5 Å². The number of methoxy groups -OCH3 is 1. The van der Waals surface area contributed by atoms with E-state index < -0.39 is 6.04 Å². The Bertz CT molecular complexity index is 870. The zero-order valence-electron chi connectivity index (χ0n) is 17.5. The summed E-state index contributed by atoms with van der Waals surface area (Å²) in [5.41, 5.74) is 2.35. The van der Waals surface area contributed by atoms with Crippen LogP contribution in [0.5, 0.6) is 5.75 Å². The molecule has 0 radical (unpaired) electrons. The van der Waals surface area contributed by atoms with Gasteiger partial charge in [0.1, 0.15) is 5.75 Å².